The van der Waals surface area contributed by atoms with E-state index in [4.69, 9.17) is 4.74 Å². The van der Waals surface area contributed by atoms with Crippen LogP contribution in [0.1, 0.15) is 25.1 Å². The molecule has 0 aliphatic rings. The predicted molar refractivity (Wildman–Crippen MR) is 114 cm³/mol. The lowest BCUT2D eigenvalue weighted by Crippen LogP contribution is -2.35. The molecule has 0 aliphatic heterocycles. The van der Waals surface area contributed by atoms with Crippen molar-refractivity contribution in [1.82, 2.24) is 19.4 Å². The lowest BCUT2D eigenvalue weighted by molar-refractivity contribution is -0.153. The van der Waals surface area contributed by atoms with E-state index in [2.05, 4.69) is 9.97 Å². The first-order valence-corrected chi connectivity index (χ1v) is 11.3. The van der Waals surface area contributed by atoms with E-state index in [0.29, 0.717) is 35.4 Å². The van der Waals surface area contributed by atoms with Gasteiger partial charge >= 0.3 is 12.2 Å². The smallest absolute Gasteiger partial charge is 0.422 e. The quantitative estimate of drug-likeness (QED) is 0.517. The zero-order chi connectivity index (χ0) is 23.5. The molecule has 0 bridgehead atoms. The predicted octanol–water partition coefficient (Wildman–Crippen LogP) is 4.30. The van der Waals surface area contributed by atoms with Gasteiger partial charge in [0.05, 0.1) is 33.3 Å². The maximum absolute atomic E-state index is 13.3. The Morgan fingerprint density at radius 2 is 1.88 bits per heavy atom. The summed E-state index contributed by atoms with van der Waals surface area (Å²) < 4.78 is 57.0. The van der Waals surface area contributed by atoms with E-state index in [1.165, 1.54) is 16.8 Å². The molecule has 0 spiro atoms. The van der Waals surface area contributed by atoms with Crippen LogP contribution in [-0.2, 0) is 16.6 Å². The molecular weight excluding hydrogens is 445 g/mol. The number of nitrogens with zero attached hydrogens (tertiary/aromatic N) is 4. The number of pyridine rings is 1. The molecule has 2 aromatic heterocycles. The fraction of sp³-hybridized carbons (Fsp3) is 0.381. The van der Waals surface area contributed by atoms with Gasteiger partial charge in [-0.05, 0) is 39.0 Å². The van der Waals surface area contributed by atoms with Crippen LogP contribution in [0.25, 0.3) is 11.0 Å². The Bertz CT molecular complexity index is 1140. The fourth-order valence-corrected chi connectivity index (χ4v) is 4.43. The molecule has 0 saturated carbocycles. The van der Waals surface area contributed by atoms with Crippen LogP contribution in [0.4, 0.5) is 18.0 Å². The van der Waals surface area contributed by atoms with E-state index in [9.17, 15) is 22.2 Å². The number of benzene rings is 1. The molecule has 0 radical (unpaired) electrons. The normalized spacial score (nSPS) is 12.7. The third kappa shape index (κ3) is 5.09. The van der Waals surface area contributed by atoms with Crippen LogP contribution in [0, 0.1) is 6.92 Å². The summed E-state index contributed by atoms with van der Waals surface area (Å²) in [5, 5.41) is 0.0610. The summed E-state index contributed by atoms with van der Waals surface area (Å²) in [5.41, 5.74) is 1.70. The Morgan fingerprint density at radius 3 is 2.53 bits per heavy atom. The van der Waals surface area contributed by atoms with Gasteiger partial charge in [0.1, 0.15) is 5.75 Å². The molecule has 32 heavy (non-hydrogen) atoms. The zero-order valence-corrected chi connectivity index (χ0v) is 18.7. The van der Waals surface area contributed by atoms with Crippen LogP contribution in [-0.4, -0.2) is 55.5 Å². The average Bonchev–Trinajstić information content (AvgIpc) is 3.14. The van der Waals surface area contributed by atoms with Crippen molar-refractivity contribution in [2.75, 3.05) is 19.7 Å². The molecule has 11 heteroatoms. The molecule has 0 fully saturated rings. The molecule has 1 amide bonds. The highest BCUT2D eigenvalue weighted by Gasteiger charge is 2.29. The Morgan fingerprint density at radius 1 is 1.19 bits per heavy atom. The van der Waals surface area contributed by atoms with E-state index in [-0.39, 0.29) is 22.7 Å². The highest BCUT2D eigenvalue weighted by Crippen LogP contribution is 2.26. The molecule has 172 valence electrons. The van der Waals surface area contributed by atoms with Gasteiger partial charge in [-0.25, -0.2) is 14.3 Å². The van der Waals surface area contributed by atoms with Gasteiger partial charge in [-0.1, -0.05) is 12.1 Å². The molecule has 3 rings (SSSR count). The van der Waals surface area contributed by atoms with Crippen LogP contribution < -0.4 is 4.74 Å². The number of carbonyl (C=O) groups excluding carboxylic acids is 1. The molecule has 2 heterocycles. The van der Waals surface area contributed by atoms with E-state index in [0.717, 1.165) is 0 Å². The van der Waals surface area contributed by atoms with Gasteiger partial charge < -0.3 is 9.64 Å². The Balaban J connectivity index is 1.96. The van der Waals surface area contributed by atoms with Gasteiger partial charge in [0.15, 0.2) is 6.61 Å². The third-order valence-corrected chi connectivity index (χ3v) is 6.09. The Hall–Kier alpha value is -2.95. The molecule has 0 aliphatic carbocycles. The molecule has 1 atom stereocenters. The molecular formula is C21H23F3N4O3S. The van der Waals surface area contributed by atoms with E-state index < -0.39 is 23.6 Å². The largest absolute Gasteiger partial charge is 0.484 e. The minimum Gasteiger partial charge on any atom is -0.484 e. The highest BCUT2D eigenvalue weighted by atomic mass is 32.2. The zero-order valence-electron chi connectivity index (χ0n) is 17.8. The number of ether oxygens (including phenoxy) is 1. The molecule has 0 unspecified atom stereocenters. The summed E-state index contributed by atoms with van der Waals surface area (Å²) in [6.07, 6.45) is -3.18. The van der Waals surface area contributed by atoms with E-state index in [1.54, 1.807) is 36.1 Å². The van der Waals surface area contributed by atoms with Crippen molar-refractivity contribution in [2.24, 2.45) is 0 Å². The van der Waals surface area contributed by atoms with Gasteiger partial charge in [0.2, 0.25) is 5.16 Å². The maximum atomic E-state index is 13.3. The van der Waals surface area contributed by atoms with E-state index >= 15 is 0 Å². The number of carbonyl (C=O) groups is 1. The van der Waals surface area contributed by atoms with Gasteiger partial charge in [-0.3, -0.25) is 9.19 Å². The average molecular weight is 469 g/mol. The highest BCUT2D eigenvalue weighted by molar-refractivity contribution is 7.84. The standard InChI is InChI=1S/C21H23F3N4O3S/c1-4-27(5-2)20(29)28-17-9-7-6-8-15(17)26-19(28)32(30)12-16-14(3)18(10-11-25-16)31-13-21(22,23)24/h6-11H,4-5,12-13H2,1-3H3/t32-/m1/s1. The van der Waals surface area contributed by atoms with Crippen molar-refractivity contribution in [1.29, 1.82) is 0 Å². The summed E-state index contributed by atoms with van der Waals surface area (Å²) in [5.74, 6) is -0.124. The lowest BCUT2D eigenvalue weighted by atomic mass is 10.2. The minimum atomic E-state index is -4.48. The summed E-state index contributed by atoms with van der Waals surface area (Å²) >= 11 is 0. The first-order valence-electron chi connectivity index (χ1n) is 9.95. The minimum absolute atomic E-state index is 0.0112. The number of halogens is 3. The van der Waals surface area contributed by atoms with Gasteiger partial charge in [-0.2, -0.15) is 13.2 Å². The number of imidazole rings is 1. The Kier molecular flexibility index (Phi) is 7.17. The summed E-state index contributed by atoms with van der Waals surface area (Å²) in [4.78, 5) is 23.3. The van der Waals surface area contributed by atoms with Crippen LogP contribution in [0.15, 0.2) is 41.7 Å². The molecule has 1 aromatic carbocycles. The van der Waals surface area contributed by atoms with E-state index in [1.807, 2.05) is 13.8 Å². The van der Waals surface area contributed by atoms with Crippen LogP contribution in [0.5, 0.6) is 5.75 Å². The third-order valence-electron chi connectivity index (χ3n) is 4.88. The number of rotatable bonds is 7. The van der Waals surface area contributed by atoms with Gasteiger partial charge in [-0.15, -0.1) is 0 Å². The lowest BCUT2D eigenvalue weighted by Gasteiger charge is -2.20. The van der Waals surface area contributed by atoms with Crippen molar-refractivity contribution in [2.45, 2.75) is 37.9 Å². The number of fused-ring (bicyclic) bond motifs is 1. The summed E-state index contributed by atoms with van der Waals surface area (Å²) in [7, 11) is -1.80. The summed E-state index contributed by atoms with van der Waals surface area (Å²) in [6, 6.07) is 7.94. The van der Waals surface area contributed by atoms with Crippen molar-refractivity contribution < 1.29 is 26.9 Å². The second-order valence-electron chi connectivity index (χ2n) is 6.95. The first kappa shape index (κ1) is 23.7. The topological polar surface area (TPSA) is 77.3 Å². The second kappa shape index (κ2) is 9.68. The molecule has 3 aromatic rings. The number of alkyl halides is 3. The second-order valence-corrected chi connectivity index (χ2v) is 8.29. The maximum Gasteiger partial charge on any atom is 0.422 e. The van der Waals surface area contributed by atoms with Crippen LogP contribution >= 0.6 is 0 Å². The van der Waals surface area contributed by atoms with Gasteiger partial charge in [0, 0.05) is 24.8 Å². The summed E-state index contributed by atoms with van der Waals surface area (Å²) in [6.45, 7) is 4.73. The fourth-order valence-electron chi connectivity index (χ4n) is 3.19. The van der Waals surface area contributed by atoms with Crippen LogP contribution in [0.3, 0.4) is 0 Å². The van der Waals surface area contributed by atoms with Crippen molar-refractivity contribution in [3.05, 3.63) is 47.8 Å². The van der Waals surface area contributed by atoms with Crippen LogP contribution in [0.2, 0.25) is 0 Å². The van der Waals surface area contributed by atoms with Crippen molar-refractivity contribution in [3.63, 3.8) is 0 Å². The number of para-hydroxylation sites is 2. The Labute approximate surface area is 185 Å². The molecule has 0 N–H and O–H groups in total. The number of hydrogen-bond acceptors (Lipinski definition) is 5. The monoisotopic (exact) mass is 468 g/mol. The number of aromatic nitrogens is 3. The number of amides is 1. The van der Waals surface area contributed by atoms with Gasteiger partial charge in [0.25, 0.3) is 0 Å². The first-order chi connectivity index (χ1) is 15.2. The molecule has 7 nitrogen and oxygen atoms in total. The number of hydrogen-bond donors (Lipinski definition) is 0. The van der Waals surface area contributed by atoms with Crippen molar-refractivity contribution >= 4 is 27.9 Å². The SMILES string of the molecule is CCN(CC)C(=O)n1c([S@](=O)Cc2nccc(OCC(F)(F)F)c2C)nc2ccccc21. The molecule has 0 saturated heterocycles. The van der Waals surface area contributed by atoms with Crippen molar-refractivity contribution in [3.8, 4) is 5.75 Å².